The van der Waals surface area contributed by atoms with Crippen LogP contribution in [0.15, 0.2) is 0 Å². The fraction of sp³-hybridized carbons (Fsp3) is 0.947. The van der Waals surface area contributed by atoms with E-state index in [4.69, 9.17) is 18.9 Å². The average Bonchev–Trinajstić information content (AvgIpc) is 3.01. The third-order valence-electron chi connectivity index (χ3n) is 11.3. The van der Waals surface area contributed by atoms with Crippen LogP contribution in [-0.4, -0.2) is 70.2 Å². The van der Waals surface area contributed by atoms with Gasteiger partial charge in [0.15, 0.2) is 6.29 Å². The second kappa shape index (κ2) is 18.4. The van der Waals surface area contributed by atoms with Gasteiger partial charge in [0, 0.05) is 0 Å². The standard InChI is InChI=1S/C38H67NO6/c1-5-7-9-11-12-14-17-33(16-13-10-8-6-2)35(40)44-28-37(26-42-34(43-27-37)18-15-19-39(3)4)29-45-36(41)38-23-30-20-31(24-38)22-32(21-30)25-38/h30-34H,5-29H2,1-4H3. The normalized spacial score (nSPS) is 31.3. The molecule has 7 nitrogen and oxygen atoms in total. The Balaban J connectivity index is 1.34. The Morgan fingerprint density at radius 3 is 1.80 bits per heavy atom. The molecule has 0 radical (unpaired) electrons. The summed E-state index contributed by atoms with van der Waals surface area (Å²) in [6.07, 6.45) is 22.1. The molecule has 1 saturated heterocycles. The van der Waals surface area contributed by atoms with E-state index in [1.54, 1.807) is 0 Å². The van der Waals surface area contributed by atoms with E-state index in [0.717, 1.165) is 70.8 Å². The number of nitrogens with zero attached hydrogens (tertiary/aromatic N) is 1. The quantitative estimate of drug-likeness (QED) is 0.0877. The molecule has 0 aromatic carbocycles. The lowest BCUT2D eigenvalue weighted by Crippen LogP contribution is -2.53. The van der Waals surface area contributed by atoms with Crippen LogP contribution in [0.4, 0.5) is 0 Å². The van der Waals surface area contributed by atoms with Gasteiger partial charge in [-0.3, -0.25) is 9.59 Å². The van der Waals surface area contributed by atoms with Crippen molar-refractivity contribution < 1.29 is 28.5 Å². The van der Waals surface area contributed by atoms with Gasteiger partial charge in [0.2, 0.25) is 0 Å². The summed E-state index contributed by atoms with van der Waals surface area (Å²) in [5, 5.41) is 0. The number of carbonyl (C=O) groups excluding carboxylic acids is 2. The number of rotatable bonds is 22. The minimum Gasteiger partial charge on any atom is -0.465 e. The van der Waals surface area contributed by atoms with Crippen molar-refractivity contribution in [1.82, 2.24) is 4.90 Å². The molecule has 4 bridgehead atoms. The molecular formula is C38H67NO6. The predicted molar refractivity (Wildman–Crippen MR) is 179 cm³/mol. The van der Waals surface area contributed by atoms with Crippen molar-refractivity contribution in [3.8, 4) is 0 Å². The highest BCUT2D eigenvalue weighted by atomic mass is 16.7. The maximum atomic E-state index is 13.8. The first-order valence-electron chi connectivity index (χ1n) is 19.0. The topological polar surface area (TPSA) is 74.3 Å². The first kappa shape index (κ1) is 36.7. The van der Waals surface area contributed by atoms with E-state index in [-0.39, 0.29) is 42.8 Å². The van der Waals surface area contributed by atoms with Gasteiger partial charge in [-0.25, -0.2) is 0 Å². The summed E-state index contributed by atoms with van der Waals surface area (Å²) in [5.41, 5.74) is -0.975. The molecule has 7 heteroatoms. The van der Waals surface area contributed by atoms with Crippen molar-refractivity contribution >= 4 is 11.9 Å². The summed E-state index contributed by atoms with van der Waals surface area (Å²) in [6, 6.07) is 0. The molecule has 1 unspecified atom stereocenters. The van der Waals surface area contributed by atoms with Crippen LogP contribution in [0.25, 0.3) is 0 Å². The van der Waals surface area contributed by atoms with E-state index in [0.29, 0.717) is 31.0 Å². The van der Waals surface area contributed by atoms with Crippen LogP contribution in [0.5, 0.6) is 0 Å². The monoisotopic (exact) mass is 633 g/mol. The average molecular weight is 634 g/mol. The van der Waals surface area contributed by atoms with Gasteiger partial charge in [0.05, 0.1) is 30.0 Å². The molecule has 5 fully saturated rings. The Labute approximate surface area is 275 Å². The molecule has 260 valence electrons. The Morgan fingerprint density at radius 1 is 0.733 bits per heavy atom. The molecule has 5 rings (SSSR count). The highest BCUT2D eigenvalue weighted by molar-refractivity contribution is 5.77. The second-order valence-corrected chi connectivity index (χ2v) is 16.0. The number of esters is 2. The predicted octanol–water partition coefficient (Wildman–Crippen LogP) is 8.33. The van der Waals surface area contributed by atoms with Crippen molar-refractivity contribution in [2.45, 2.75) is 149 Å². The number of unbranched alkanes of at least 4 members (excludes halogenated alkanes) is 8. The molecule has 4 saturated carbocycles. The van der Waals surface area contributed by atoms with Gasteiger partial charge in [-0.1, -0.05) is 78.1 Å². The summed E-state index contributed by atoms with van der Waals surface area (Å²) in [4.78, 5) is 29.5. The van der Waals surface area contributed by atoms with Crippen molar-refractivity contribution in [3.05, 3.63) is 0 Å². The molecule has 1 atom stereocenters. The first-order chi connectivity index (χ1) is 21.8. The van der Waals surface area contributed by atoms with Crippen LogP contribution < -0.4 is 0 Å². The largest absolute Gasteiger partial charge is 0.465 e. The molecule has 0 amide bonds. The van der Waals surface area contributed by atoms with Crippen molar-refractivity contribution in [2.24, 2.45) is 34.5 Å². The summed E-state index contributed by atoms with van der Waals surface area (Å²) < 4.78 is 24.8. The lowest BCUT2D eigenvalue weighted by atomic mass is 9.49. The van der Waals surface area contributed by atoms with E-state index >= 15 is 0 Å². The fourth-order valence-electron chi connectivity index (χ4n) is 9.02. The van der Waals surface area contributed by atoms with Gasteiger partial charge in [-0.2, -0.15) is 0 Å². The molecule has 1 aliphatic heterocycles. The van der Waals surface area contributed by atoms with E-state index in [1.807, 2.05) is 0 Å². The van der Waals surface area contributed by atoms with E-state index in [1.165, 1.54) is 64.2 Å². The fourth-order valence-corrected chi connectivity index (χ4v) is 9.02. The number of carbonyl (C=O) groups is 2. The molecule has 0 N–H and O–H groups in total. The van der Waals surface area contributed by atoms with Crippen LogP contribution in [0.3, 0.4) is 0 Å². The number of hydrogen-bond donors (Lipinski definition) is 0. The van der Waals surface area contributed by atoms with Gasteiger partial charge in [0.1, 0.15) is 13.2 Å². The first-order valence-corrected chi connectivity index (χ1v) is 19.0. The Kier molecular flexibility index (Phi) is 15.0. The van der Waals surface area contributed by atoms with Gasteiger partial charge >= 0.3 is 11.9 Å². The maximum Gasteiger partial charge on any atom is 0.312 e. The smallest absolute Gasteiger partial charge is 0.312 e. The zero-order valence-electron chi connectivity index (χ0n) is 29.5. The highest BCUT2D eigenvalue weighted by Crippen LogP contribution is 2.60. The number of hydrogen-bond acceptors (Lipinski definition) is 7. The van der Waals surface area contributed by atoms with Crippen LogP contribution >= 0.6 is 0 Å². The Bertz CT molecular complexity index is 846. The van der Waals surface area contributed by atoms with Crippen molar-refractivity contribution in [3.63, 3.8) is 0 Å². The highest BCUT2D eigenvalue weighted by Gasteiger charge is 2.56. The van der Waals surface area contributed by atoms with Crippen LogP contribution in [-0.2, 0) is 28.5 Å². The second-order valence-electron chi connectivity index (χ2n) is 16.0. The lowest BCUT2D eigenvalue weighted by molar-refractivity contribution is -0.252. The molecule has 45 heavy (non-hydrogen) atoms. The van der Waals surface area contributed by atoms with E-state index in [9.17, 15) is 9.59 Å². The molecule has 0 aromatic heterocycles. The van der Waals surface area contributed by atoms with Crippen molar-refractivity contribution in [2.75, 3.05) is 47.1 Å². The molecule has 5 aliphatic rings. The Hall–Kier alpha value is -1.18. The maximum absolute atomic E-state index is 13.8. The summed E-state index contributed by atoms with van der Waals surface area (Å²) >= 11 is 0. The third kappa shape index (κ3) is 11.2. The minimum atomic E-state index is -0.668. The Morgan fingerprint density at radius 2 is 1.24 bits per heavy atom. The molecule has 1 heterocycles. The summed E-state index contributed by atoms with van der Waals surface area (Å²) in [7, 11) is 4.15. The molecule has 0 aromatic rings. The van der Waals surface area contributed by atoms with Crippen LogP contribution in [0, 0.1) is 34.5 Å². The molecule has 0 spiro atoms. The molecule has 4 aliphatic carbocycles. The third-order valence-corrected chi connectivity index (χ3v) is 11.3. The van der Waals surface area contributed by atoms with Crippen molar-refractivity contribution in [1.29, 1.82) is 0 Å². The zero-order chi connectivity index (χ0) is 32.1. The summed E-state index contributed by atoms with van der Waals surface area (Å²) in [6.45, 7) is 6.55. The van der Waals surface area contributed by atoms with E-state index < -0.39 is 5.41 Å². The van der Waals surface area contributed by atoms with Crippen LogP contribution in [0.1, 0.15) is 142 Å². The lowest BCUT2D eigenvalue weighted by Gasteiger charge is -2.55. The van der Waals surface area contributed by atoms with Gasteiger partial charge in [-0.15, -0.1) is 0 Å². The minimum absolute atomic E-state index is 0.0303. The van der Waals surface area contributed by atoms with Gasteiger partial charge < -0.3 is 23.8 Å². The SMILES string of the molecule is CCCCCCCCC(CCCCCC)C(=O)OCC1(COC(=O)C23CC4CC(CC(C4)C2)C3)COC(CCCN(C)C)OC1. The van der Waals surface area contributed by atoms with Crippen LogP contribution in [0.2, 0.25) is 0 Å². The number of ether oxygens (including phenoxy) is 4. The van der Waals surface area contributed by atoms with Gasteiger partial charge in [0.25, 0.3) is 0 Å². The molecular weight excluding hydrogens is 566 g/mol. The van der Waals surface area contributed by atoms with Gasteiger partial charge in [-0.05, 0) is 103 Å². The zero-order valence-corrected chi connectivity index (χ0v) is 29.5. The van der Waals surface area contributed by atoms with E-state index in [2.05, 4.69) is 32.8 Å². The summed E-state index contributed by atoms with van der Waals surface area (Å²) in [5.74, 6) is 1.86.